The summed E-state index contributed by atoms with van der Waals surface area (Å²) in [5, 5.41) is 2.79. The van der Waals surface area contributed by atoms with Gasteiger partial charge in [0.1, 0.15) is 6.10 Å². The molecule has 1 N–H and O–H groups in total. The van der Waals surface area contributed by atoms with E-state index in [0.717, 1.165) is 30.6 Å². The SMILES string of the molecule is O=C1CSc2ccc(C(=O)OC3CCCCC3)cc2N1. The first-order chi connectivity index (χ1) is 9.72. The van der Waals surface area contributed by atoms with E-state index >= 15 is 0 Å². The molecule has 0 unspecified atom stereocenters. The van der Waals surface area contributed by atoms with Crippen LogP contribution in [0.4, 0.5) is 5.69 Å². The first kappa shape index (κ1) is 13.5. The van der Waals surface area contributed by atoms with E-state index in [1.165, 1.54) is 18.2 Å². The molecule has 1 aliphatic heterocycles. The largest absolute Gasteiger partial charge is 0.459 e. The van der Waals surface area contributed by atoms with Gasteiger partial charge in [0.2, 0.25) is 5.91 Å². The number of anilines is 1. The zero-order chi connectivity index (χ0) is 13.9. The second-order valence-corrected chi connectivity index (χ2v) is 6.23. The quantitative estimate of drug-likeness (QED) is 0.850. The van der Waals surface area contributed by atoms with Crippen LogP contribution in [-0.4, -0.2) is 23.7 Å². The lowest BCUT2D eigenvalue weighted by molar-refractivity contribution is -0.113. The van der Waals surface area contributed by atoms with Crippen molar-refractivity contribution in [2.24, 2.45) is 0 Å². The fourth-order valence-corrected chi connectivity index (χ4v) is 3.40. The van der Waals surface area contributed by atoms with Gasteiger partial charge in [0, 0.05) is 4.90 Å². The molecular weight excluding hydrogens is 274 g/mol. The van der Waals surface area contributed by atoms with E-state index in [2.05, 4.69) is 5.32 Å². The maximum Gasteiger partial charge on any atom is 0.338 e. The Hall–Kier alpha value is -1.49. The molecule has 1 aromatic rings. The third-order valence-corrected chi connectivity index (χ3v) is 4.75. The number of nitrogens with one attached hydrogen (secondary N) is 1. The summed E-state index contributed by atoms with van der Waals surface area (Å²) in [4.78, 5) is 24.5. The molecule has 4 nitrogen and oxygen atoms in total. The summed E-state index contributed by atoms with van der Waals surface area (Å²) in [5.41, 5.74) is 1.22. The Labute approximate surface area is 122 Å². The van der Waals surface area contributed by atoms with Crippen molar-refractivity contribution in [2.45, 2.75) is 43.1 Å². The smallest absolute Gasteiger partial charge is 0.338 e. The molecule has 0 saturated heterocycles. The minimum Gasteiger partial charge on any atom is -0.459 e. The molecule has 0 bridgehead atoms. The molecule has 1 fully saturated rings. The summed E-state index contributed by atoms with van der Waals surface area (Å²) in [6.45, 7) is 0. The lowest BCUT2D eigenvalue weighted by atomic mass is 9.98. The zero-order valence-electron chi connectivity index (χ0n) is 11.2. The van der Waals surface area contributed by atoms with Gasteiger partial charge in [-0.3, -0.25) is 4.79 Å². The third-order valence-electron chi connectivity index (χ3n) is 3.67. The third kappa shape index (κ3) is 2.98. The van der Waals surface area contributed by atoms with Crippen LogP contribution in [0.5, 0.6) is 0 Å². The number of thioether (sulfide) groups is 1. The van der Waals surface area contributed by atoms with Crippen molar-refractivity contribution < 1.29 is 14.3 Å². The fourth-order valence-electron chi connectivity index (χ4n) is 2.61. The monoisotopic (exact) mass is 291 g/mol. The van der Waals surface area contributed by atoms with E-state index in [9.17, 15) is 9.59 Å². The average molecular weight is 291 g/mol. The van der Waals surface area contributed by atoms with Crippen molar-refractivity contribution in [3.8, 4) is 0 Å². The summed E-state index contributed by atoms with van der Waals surface area (Å²) >= 11 is 1.49. The van der Waals surface area contributed by atoms with Gasteiger partial charge in [-0.2, -0.15) is 0 Å². The number of hydrogen-bond donors (Lipinski definition) is 1. The summed E-state index contributed by atoms with van der Waals surface area (Å²) < 4.78 is 5.54. The number of rotatable bonds is 2. The van der Waals surface area contributed by atoms with Crippen LogP contribution in [0.3, 0.4) is 0 Å². The highest BCUT2D eigenvalue weighted by Crippen LogP contribution is 2.32. The van der Waals surface area contributed by atoms with Gasteiger partial charge in [0.15, 0.2) is 0 Å². The van der Waals surface area contributed by atoms with Gasteiger partial charge in [-0.25, -0.2) is 4.79 Å². The van der Waals surface area contributed by atoms with Crippen molar-refractivity contribution in [1.29, 1.82) is 0 Å². The van der Waals surface area contributed by atoms with E-state index in [1.54, 1.807) is 12.1 Å². The molecule has 20 heavy (non-hydrogen) atoms. The van der Waals surface area contributed by atoms with Gasteiger partial charge in [0.25, 0.3) is 0 Å². The zero-order valence-corrected chi connectivity index (χ0v) is 12.0. The Bertz CT molecular complexity index is 538. The molecule has 5 heteroatoms. The van der Waals surface area contributed by atoms with Crippen LogP contribution in [0, 0.1) is 0 Å². The van der Waals surface area contributed by atoms with E-state index in [1.807, 2.05) is 6.07 Å². The van der Waals surface area contributed by atoms with Crippen LogP contribution in [0.15, 0.2) is 23.1 Å². The average Bonchev–Trinajstić information content (AvgIpc) is 2.47. The van der Waals surface area contributed by atoms with Gasteiger partial charge < -0.3 is 10.1 Å². The molecule has 0 atom stereocenters. The molecule has 2 aliphatic rings. The Morgan fingerprint density at radius 1 is 1.25 bits per heavy atom. The summed E-state index contributed by atoms with van der Waals surface area (Å²) in [5.74, 6) is 0.114. The van der Waals surface area contributed by atoms with Crippen LogP contribution in [0.1, 0.15) is 42.5 Å². The van der Waals surface area contributed by atoms with E-state index in [4.69, 9.17) is 4.74 Å². The predicted octanol–water partition coefficient (Wildman–Crippen LogP) is 3.22. The van der Waals surface area contributed by atoms with Gasteiger partial charge in [-0.1, -0.05) is 6.42 Å². The number of esters is 1. The Morgan fingerprint density at radius 2 is 2.05 bits per heavy atom. The van der Waals surface area contributed by atoms with E-state index in [-0.39, 0.29) is 18.0 Å². The normalized spacial score (nSPS) is 19.1. The fraction of sp³-hybridized carbons (Fsp3) is 0.467. The number of fused-ring (bicyclic) bond motifs is 1. The van der Waals surface area contributed by atoms with Gasteiger partial charge >= 0.3 is 5.97 Å². The second kappa shape index (κ2) is 5.87. The predicted molar refractivity (Wildman–Crippen MR) is 78.1 cm³/mol. The number of ether oxygens (including phenoxy) is 1. The maximum atomic E-state index is 12.1. The van der Waals surface area contributed by atoms with Gasteiger partial charge in [0.05, 0.1) is 17.0 Å². The first-order valence-electron chi connectivity index (χ1n) is 7.00. The molecule has 0 spiro atoms. The minimum atomic E-state index is -0.287. The highest BCUT2D eigenvalue weighted by molar-refractivity contribution is 8.00. The first-order valence-corrected chi connectivity index (χ1v) is 7.98. The van der Waals surface area contributed by atoms with Crippen molar-refractivity contribution in [3.05, 3.63) is 23.8 Å². The standard InChI is InChI=1S/C15H17NO3S/c17-14-9-20-13-7-6-10(8-12(13)16-14)15(18)19-11-4-2-1-3-5-11/h6-8,11H,1-5,9H2,(H,16,17). The second-order valence-electron chi connectivity index (χ2n) is 5.21. The number of hydrogen-bond acceptors (Lipinski definition) is 4. The van der Waals surface area contributed by atoms with E-state index in [0.29, 0.717) is 17.0 Å². The molecule has 1 amide bonds. The number of carbonyl (C=O) groups is 2. The van der Waals surface area contributed by atoms with Crippen LogP contribution in [-0.2, 0) is 9.53 Å². The Kier molecular flexibility index (Phi) is 3.96. The molecular formula is C15H17NO3S. The number of amides is 1. The molecule has 0 aromatic heterocycles. The highest BCUT2D eigenvalue weighted by Gasteiger charge is 2.21. The van der Waals surface area contributed by atoms with Crippen molar-refractivity contribution >= 4 is 29.3 Å². The lowest BCUT2D eigenvalue weighted by Gasteiger charge is -2.22. The van der Waals surface area contributed by atoms with Crippen LogP contribution < -0.4 is 5.32 Å². The van der Waals surface area contributed by atoms with Crippen LogP contribution in [0.2, 0.25) is 0 Å². The molecule has 1 heterocycles. The number of carbonyl (C=O) groups excluding carboxylic acids is 2. The summed E-state index contributed by atoms with van der Waals surface area (Å²) in [6.07, 6.45) is 5.48. The molecule has 1 saturated carbocycles. The van der Waals surface area contributed by atoms with Gasteiger partial charge in [-0.05, 0) is 43.9 Å². The summed E-state index contributed by atoms with van der Waals surface area (Å²) in [7, 11) is 0. The molecule has 3 rings (SSSR count). The highest BCUT2D eigenvalue weighted by atomic mass is 32.2. The van der Waals surface area contributed by atoms with Crippen molar-refractivity contribution in [1.82, 2.24) is 0 Å². The van der Waals surface area contributed by atoms with Crippen molar-refractivity contribution in [3.63, 3.8) is 0 Å². The number of benzene rings is 1. The van der Waals surface area contributed by atoms with E-state index < -0.39 is 0 Å². The summed E-state index contributed by atoms with van der Waals surface area (Å²) in [6, 6.07) is 5.36. The van der Waals surface area contributed by atoms with Crippen LogP contribution >= 0.6 is 11.8 Å². The van der Waals surface area contributed by atoms with Gasteiger partial charge in [-0.15, -0.1) is 11.8 Å². The topological polar surface area (TPSA) is 55.4 Å². The van der Waals surface area contributed by atoms with Crippen LogP contribution in [0.25, 0.3) is 0 Å². The molecule has 0 radical (unpaired) electrons. The molecule has 1 aromatic carbocycles. The van der Waals surface area contributed by atoms with Crippen molar-refractivity contribution in [2.75, 3.05) is 11.1 Å². The Balaban J connectivity index is 1.71. The molecule has 1 aliphatic carbocycles. The molecule has 106 valence electrons. The maximum absolute atomic E-state index is 12.1. The lowest BCUT2D eigenvalue weighted by Crippen LogP contribution is -2.22. The minimum absolute atomic E-state index is 0.0275. The Morgan fingerprint density at radius 3 is 2.85 bits per heavy atom.